The molecule has 2 heterocycles. The number of carboxylic acids is 1. The summed E-state index contributed by atoms with van der Waals surface area (Å²) in [6.45, 7) is -0.328. The highest BCUT2D eigenvalue weighted by Crippen LogP contribution is 2.47. The van der Waals surface area contributed by atoms with Crippen molar-refractivity contribution in [3.63, 3.8) is 0 Å². The highest BCUT2D eigenvalue weighted by Gasteiger charge is 2.30. The van der Waals surface area contributed by atoms with E-state index in [2.05, 4.69) is 10.6 Å². The molecule has 0 unspecified atom stereocenters. The summed E-state index contributed by atoms with van der Waals surface area (Å²) in [5, 5.41) is 27.8. The normalized spacial score (nSPS) is 11.3. The molecule has 14 heteroatoms. The molecular weight excluding hydrogens is 819 g/mol. The first-order valence-corrected chi connectivity index (χ1v) is 19.7. The van der Waals surface area contributed by atoms with Crippen molar-refractivity contribution in [2.45, 2.75) is 6.54 Å². The Morgan fingerprint density at radius 2 is 1.44 bits per heavy atom. The molecule has 2 aliphatic carbocycles. The third-order valence-corrected chi connectivity index (χ3v) is 11.1. The van der Waals surface area contributed by atoms with Gasteiger partial charge in [-0.2, -0.15) is 0 Å². The van der Waals surface area contributed by atoms with Crippen LogP contribution in [-0.2, 0) is 11.3 Å². The monoisotopic (exact) mass is 855 g/mol. The quantitative estimate of drug-likeness (QED) is 0.0834. The lowest BCUT2D eigenvalue weighted by Gasteiger charge is -2.21. The van der Waals surface area contributed by atoms with Crippen LogP contribution in [0.1, 0.15) is 26.3 Å². The van der Waals surface area contributed by atoms with E-state index in [1.807, 2.05) is 86.2 Å². The third kappa shape index (κ3) is 7.74. The van der Waals surface area contributed by atoms with E-state index in [0.29, 0.717) is 50.1 Å². The van der Waals surface area contributed by atoms with Crippen LogP contribution in [0.15, 0.2) is 117 Å². The van der Waals surface area contributed by atoms with E-state index in [0.717, 1.165) is 27.7 Å². The number of hydrogen-bond donors (Lipinski definition) is 4. The van der Waals surface area contributed by atoms with Crippen LogP contribution >= 0.6 is 23.2 Å². The molecule has 0 fully saturated rings. The Labute approximate surface area is 358 Å². The first-order chi connectivity index (χ1) is 29.2. The van der Waals surface area contributed by atoms with Crippen molar-refractivity contribution in [3.8, 4) is 50.7 Å². The Morgan fingerprint density at radius 1 is 0.754 bits per heavy atom. The predicted octanol–water partition coefficient (Wildman–Crippen LogP) is 7.94. The van der Waals surface area contributed by atoms with E-state index in [4.69, 9.17) is 32.0 Å². The fourth-order valence-electron chi connectivity index (χ4n) is 7.45. The number of hydrogen-bond acceptors (Lipinski definition) is 8. The lowest BCUT2D eigenvalue weighted by Crippen LogP contribution is -2.36. The summed E-state index contributed by atoms with van der Waals surface area (Å²) in [6, 6.07) is 29.0. The maximum Gasteiger partial charge on any atom is 0.337 e. The second-order valence-electron chi connectivity index (χ2n) is 14.9. The number of phenols is 1. The van der Waals surface area contributed by atoms with Gasteiger partial charge in [-0.1, -0.05) is 41.4 Å². The van der Waals surface area contributed by atoms with Gasteiger partial charge in [-0.3, -0.25) is 14.4 Å². The number of rotatable bonds is 9. The molecule has 306 valence electrons. The van der Waals surface area contributed by atoms with Crippen molar-refractivity contribution in [1.82, 2.24) is 15.2 Å². The summed E-state index contributed by atoms with van der Waals surface area (Å²) >= 11 is 13.8. The van der Waals surface area contributed by atoms with Gasteiger partial charge in [0.2, 0.25) is 11.3 Å². The summed E-state index contributed by atoms with van der Waals surface area (Å²) < 4.78 is 14.3. The number of nitrogens with zero attached hydrogens (tertiary/aromatic N) is 2. The van der Waals surface area contributed by atoms with Crippen LogP contribution in [0.4, 0.5) is 5.69 Å². The standard InChI is InChI=1S/C47H36Cl2N4O8/c1-52(2)26-8-12-32-36(17-26)60-37-18-27(53(3)4)9-13-33(37)42(32)44-43(47(58)59)35(48)21-34(45(44)49)46(57)51-23-40(56)50-22-24-6-5-7-25(16-24)41-30-14-10-28(54)19-38(30)61-39-20-29(55)11-15-31(39)41/h5-21H,22-23H2,1-4H3,(H3-,50,51,54,55,56,57,58,59)/p+1. The van der Waals surface area contributed by atoms with Gasteiger partial charge in [-0.05, 0) is 65.7 Å². The van der Waals surface area contributed by atoms with Crippen LogP contribution < -0.4 is 30.9 Å². The maximum absolute atomic E-state index is 13.8. The number of carbonyl (C=O) groups is 3. The molecule has 4 aliphatic rings. The number of fused-ring (bicyclic) bond motifs is 4. The van der Waals surface area contributed by atoms with E-state index in [-0.39, 0.29) is 44.5 Å². The number of phenolic OH excluding ortho intramolecular Hbond substituents is 1. The Kier molecular flexibility index (Phi) is 10.7. The molecule has 0 atom stereocenters. The van der Waals surface area contributed by atoms with E-state index in [9.17, 15) is 29.4 Å². The molecule has 2 aliphatic heterocycles. The van der Waals surface area contributed by atoms with Gasteiger partial charge in [0.1, 0.15) is 42.5 Å². The molecule has 61 heavy (non-hydrogen) atoms. The number of benzene rings is 6. The van der Waals surface area contributed by atoms with Gasteiger partial charge in [0.15, 0.2) is 5.43 Å². The minimum atomic E-state index is -1.35. The summed E-state index contributed by atoms with van der Waals surface area (Å²) in [6.07, 6.45) is 0. The number of amides is 2. The van der Waals surface area contributed by atoms with E-state index < -0.39 is 24.3 Å². The number of aromatic carboxylic acids is 1. The van der Waals surface area contributed by atoms with Crippen LogP contribution in [0.3, 0.4) is 0 Å². The largest absolute Gasteiger partial charge is 0.508 e. The predicted molar refractivity (Wildman–Crippen MR) is 237 cm³/mol. The number of carbonyl (C=O) groups excluding carboxylic acids is 2. The lowest BCUT2D eigenvalue weighted by molar-refractivity contribution is -0.120. The number of nitrogens with one attached hydrogen (secondary N) is 2. The molecule has 0 saturated carbocycles. The Hall–Kier alpha value is -7.15. The second kappa shape index (κ2) is 16.1. The fraction of sp³-hybridized carbons (Fsp3) is 0.128. The molecule has 4 aromatic rings. The van der Waals surface area contributed by atoms with Crippen molar-refractivity contribution < 1.29 is 33.4 Å². The van der Waals surface area contributed by atoms with Crippen LogP contribution in [-0.4, -0.2) is 62.7 Å². The van der Waals surface area contributed by atoms with Crippen LogP contribution in [0.25, 0.3) is 66.8 Å². The minimum Gasteiger partial charge on any atom is -0.508 e. The zero-order chi connectivity index (χ0) is 43.3. The molecule has 0 saturated heterocycles. The minimum absolute atomic E-state index is 0.0128. The first kappa shape index (κ1) is 40.6. The summed E-state index contributed by atoms with van der Waals surface area (Å²) in [5.74, 6) is -1.79. The van der Waals surface area contributed by atoms with Gasteiger partial charge >= 0.3 is 5.97 Å². The van der Waals surface area contributed by atoms with Crippen molar-refractivity contribution >= 4 is 68.6 Å². The van der Waals surface area contributed by atoms with Crippen LogP contribution in [0, 0.1) is 0 Å². The number of anilines is 1. The molecular formula is C47H37Cl2N4O8+. The van der Waals surface area contributed by atoms with E-state index in [1.165, 1.54) is 24.3 Å². The van der Waals surface area contributed by atoms with E-state index >= 15 is 0 Å². The molecule has 0 radical (unpaired) electrons. The molecule has 12 nitrogen and oxygen atoms in total. The molecule has 4 aromatic carbocycles. The molecule has 2 amide bonds. The third-order valence-electron chi connectivity index (χ3n) is 10.4. The molecule has 4 N–H and O–H groups in total. The van der Waals surface area contributed by atoms with Gasteiger partial charge < -0.3 is 34.6 Å². The van der Waals surface area contributed by atoms with Gasteiger partial charge in [-0.25, -0.2) is 9.37 Å². The van der Waals surface area contributed by atoms with Crippen LogP contribution in [0.2, 0.25) is 10.0 Å². The van der Waals surface area contributed by atoms with Crippen molar-refractivity contribution in [2.75, 3.05) is 39.6 Å². The lowest BCUT2D eigenvalue weighted by atomic mass is 9.89. The zero-order valence-corrected chi connectivity index (χ0v) is 34.7. The summed E-state index contributed by atoms with van der Waals surface area (Å²) in [7, 11) is 7.55. The van der Waals surface area contributed by atoms with Gasteiger partial charge in [0.05, 0.1) is 33.8 Å². The average Bonchev–Trinajstić information content (AvgIpc) is 3.23. The summed E-state index contributed by atoms with van der Waals surface area (Å²) in [5.41, 5.74) is 5.00. The average molecular weight is 857 g/mol. The Balaban J connectivity index is 1.09. The molecule has 0 bridgehead atoms. The first-order valence-electron chi connectivity index (χ1n) is 19.0. The highest BCUT2D eigenvalue weighted by molar-refractivity contribution is 6.41. The number of halogens is 2. The molecule has 0 spiro atoms. The Bertz CT molecular complexity index is 3190. The molecule has 8 rings (SSSR count). The van der Waals surface area contributed by atoms with Crippen molar-refractivity contribution in [2.24, 2.45) is 0 Å². The smallest absolute Gasteiger partial charge is 0.337 e. The molecule has 0 aromatic heterocycles. The zero-order valence-electron chi connectivity index (χ0n) is 33.2. The maximum atomic E-state index is 13.8. The van der Waals surface area contributed by atoms with Crippen molar-refractivity contribution in [3.05, 3.63) is 145 Å². The summed E-state index contributed by atoms with van der Waals surface area (Å²) in [4.78, 5) is 54.0. The number of carboxylic acid groups (broad SMARTS) is 1. The van der Waals surface area contributed by atoms with E-state index in [1.54, 1.807) is 30.3 Å². The second-order valence-corrected chi connectivity index (χ2v) is 15.7. The fourth-order valence-corrected chi connectivity index (χ4v) is 8.07. The topological polar surface area (TPSA) is 165 Å². The van der Waals surface area contributed by atoms with Crippen molar-refractivity contribution in [1.29, 1.82) is 0 Å². The van der Waals surface area contributed by atoms with Gasteiger partial charge in [0, 0.05) is 89.2 Å². The Morgan fingerprint density at radius 3 is 2.18 bits per heavy atom. The highest BCUT2D eigenvalue weighted by atomic mass is 35.5. The SMILES string of the molecule is CN(C)c1ccc2c(-c3c(Cl)c(C(=O)NCC(=O)NCc4cccc(-c5c6ccc(=O)cc-6oc6cc(O)ccc56)c4)cc(Cl)c3C(=O)O)c3ccc(=[N+](C)C)cc-3oc2c1. The van der Waals surface area contributed by atoms with Gasteiger partial charge in [0.25, 0.3) is 5.91 Å². The van der Waals surface area contributed by atoms with Crippen LogP contribution in [0.5, 0.6) is 5.75 Å². The number of aromatic hydroxyl groups is 1. The van der Waals surface area contributed by atoms with Gasteiger partial charge in [-0.15, -0.1) is 0 Å².